The average molecular weight is 242 g/mol. The fourth-order valence-corrected chi connectivity index (χ4v) is 1.87. The maximum Gasteiger partial charge on any atom is 0.249 e. The summed E-state index contributed by atoms with van der Waals surface area (Å²) in [5.41, 5.74) is 0.187. The van der Waals surface area contributed by atoms with Crippen molar-refractivity contribution in [3.63, 3.8) is 0 Å². The van der Waals surface area contributed by atoms with E-state index in [-0.39, 0.29) is 17.7 Å². The van der Waals surface area contributed by atoms with Gasteiger partial charge in [-0.1, -0.05) is 12.1 Å². The molecule has 0 aromatic heterocycles. The number of hydrogen-bond acceptors (Lipinski definition) is 3. The normalized spacial score (nSPS) is 21.1. The molecule has 0 saturated carbocycles. The first-order valence-corrected chi connectivity index (χ1v) is 5.74. The van der Waals surface area contributed by atoms with E-state index in [4.69, 9.17) is 0 Å². The highest BCUT2D eigenvalue weighted by atomic mass is 16.3. The van der Waals surface area contributed by atoms with E-state index in [9.17, 15) is 15.2 Å². The molecule has 4 nitrogen and oxygen atoms in total. The first-order chi connectivity index (χ1) is 8.49. The molecule has 0 heterocycles. The highest BCUT2D eigenvalue weighted by Gasteiger charge is 2.52. The molecule has 1 aromatic rings. The van der Waals surface area contributed by atoms with Crippen molar-refractivity contribution in [2.24, 2.45) is 5.41 Å². The number of benzene rings is 1. The van der Waals surface area contributed by atoms with Crippen LogP contribution in [0.3, 0.4) is 0 Å². The predicted molar refractivity (Wildman–Crippen MR) is 67.4 cm³/mol. The van der Waals surface area contributed by atoms with Crippen molar-refractivity contribution in [3.8, 4) is 11.8 Å². The van der Waals surface area contributed by atoms with Crippen LogP contribution in [0, 0.1) is 16.7 Å². The summed E-state index contributed by atoms with van der Waals surface area (Å²) in [6.07, 6.45) is 1.62. The second kappa shape index (κ2) is 4.19. The highest BCUT2D eigenvalue weighted by molar-refractivity contribution is 6.11. The van der Waals surface area contributed by atoms with Crippen molar-refractivity contribution >= 4 is 11.5 Å². The third kappa shape index (κ3) is 1.95. The van der Waals surface area contributed by atoms with Gasteiger partial charge in [-0.15, -0.1) is 0 Å². The summed E-state index contributed by atoms with van der Waals surface area (Å²) in [5, 5.41) is 21.4. The number of rotatable bonds is 3. The maximum atomic E-state index is 12.0. The Kier molecular flexibility index (Phi) is 2.84. The number of aromatic hydroxyl groups is 1. The standard InChI is InChI=1S/C14H14N2O2/c1-9(2)16-13(18)14(8-15)7-12(14)10-4-3-5-11(17)6-10/h3-7,9,17H,1-2H3,(H,16,18). The molecule has 1 atom stereocenters. The van der Waals surface area contributed by atoms with Crippen LogP contribution in [0.5, 0.6) is 5.75 Å². The molecule has 4 heteroatoms. The molecule has 2 N–H and O–H groups in total. The number of nitriles is 1. The molecule has 1 aliphatic rings. The fraction of sp³-hybridized carbons (Fsp3) is 0.286. The van der Waals surface area contributed by atoms with Gasteiger partial charge in [0.1, 0.15) is 5.75 Å². The van der Waals surface area contributed by atoms with Crippen LogP contribution in [-0.2, 0) is 4.79 Å². The van der Waals surface area contributed by atoms with E-state index in [0.717, 1.165) is 0 Å². The monoisotopic (exact) mass is 242 g/mol. The summed E-state index contributed by atoms with van der Waals surface area (Å²) in [7, 11) is 0. The van der Waals surface area contributed by atoms with Crippen LogP contribution in [0.1, 0.15) is 19.4 Å². The zero-order chi connectivity index (χ0) is 13.3. The zero-order valence-corrected chi connectivity index (χ0v) is 10.3. The van der Waals surface area contributed by atoms with Gasteiger partial charge < -0.3 is 10.4 Å². The molecular formula is C14H14N2O2. The molecule has 1 aromatic carbocycles. The molecular weight excluding hydrogens is 228 g/mol. The van der Waals surface area contributed by atoms with Crippen molar-refractivity contribution in [1.82, 2.24) is 5.32 Å². The molecule has 0 bridgehead atoms. The summed E-state index contributed by atoms with van der Waals surface area (Å²) in [6, 6.07) is 8.58. The quantitative estimate of drug-likeness (QED) is 0.849. The van der Waals surface area contributed by atoms with E-state index in [1.165, 1.54) is 0 Å². The van der Waals surface area contributed by atoms with Gasteiger partial charge in [0.15, 0.2) is 5.41 Å². The Morgan fingerprint density at radius 1 is 1.50 bits per heavy atom. The Balaban J connectivity index is 2.22. The molecule has 0 saturated heterocycles. The van der Waals surface area contributed by atoms with Crippen LogP contribution < -0.4 is 5.32 Å². The number of nitrogens with one attached hydrogen (secondary N) is 1. The van der Waals surface area contributed by atoms with Gasteiger partial charge in [0.25, 0.3) is 0 Å². The SMILES string of the molecule is CC(C)NC(=O)C1(C#N)C=C1c1cccc(O)c1. The van der Waals surface area contributed by atoms with Gasteiger partial charge in [-0.3, -0.25) is 4.79 Å². The third-order valence-electron chi connectivity index (χ3n) is 2.81. The minimum Gasteiger partial charge on any atom is -0.508 e. The van der Waals surface area contributed by atoms with Gasteiger partial charge >= 0.3 is 0 Å². The molecule has 0 aliphatic heterocycles. The number of phenolic OH excluding ortho intramolecular Hbond substituents is 1. The molecule has 0 fully saturated rings. The minimum atomic E-state index is -1.17. The van der Waals surface area contributed by atoms with Crippen LogP contribution in [0.2, 0.25) is 0 Å². The number of phenols is 1. The predicted octanol–water partition coefficient (Wildman–Crippen LogP) is 1.82. The first-order valence-electron chi connectivity index (χ1n) is 5.74. The molecule has 0 radical (unpaired) electrons. The second-order valence-electron chi connectivity index (χ2n) is 4.66. The topological polar surface area (TPSA) is 73.1 Å². The lowest BCUT2D eigenvalue weighted by molar-refractivity contribution is -0.123. The Morgan fingerprint density at radius 2 is 2.22 bits per heavy atom. The zero-order valence-electron chi connectivity index (χ0n) is 10.3. The van der Waals surface area contributed by atoms with Gasteiger partial charge in [-0.2, -0.15) is 5.26 Å². The summed E-state index contributed by atoms with van der Waals surface area (Å²) in [5.74, 6) is -0.185. The maximum absolute atomic E-state index is 12.0. The van der Waals surface area contributed by atoms with E-state index < -0.39 is 5.41 Å². The van der Waals surface area contributed by atoms with E-state index >= 15 is 0 Å². The van der Waals surface area contributed by atoms with Gasteiger partial charge in [0.2, 0.25) is 5.91 Å². The van der Waals surface area contributed by atoms with Crippen molar-refractivity contribution < 1.29 is 9.90 Å². The van der Waals surface area contributed by atoms with Gasteiger partial charge in [0, 0.05) is 6.04 Å². The Morgan fingerprint density at radius 3 is 2.78 bits per heavy atom. The average Bonchev–Trinajstić information content (AvgIpc) is 3.04. The van der Waals surface area contributed by atoms with E-state index in [2.05, 4.69) is 5.32 Å². The van der Waals surface area contributed by atoms with E-state index in [1.807, 2.05) is 19.9 Å². The molecule has 0 spiro atoms. The Labute approximate surface area is 106 Å². The number of amides is 1. The number of carbonyl (C=O) groups excluding carboxylic acids is 1. The molecule has 1 amide bonds. The van der Waals surface area contributed by atoms with Gasteiger partial charge in [-0.05, 0) is 43.2 Å². The van der Waals surface area contributed by atoms with Crippen LogP contribution >= 0.6 is 0 Å². The minimum absolute atomic E-state index is 0.0119. The smallest absolute Gasteiger partial charge is 0.249 e. The second-order valence-corrected chi connectivity index (χ2v) is 4.66. The van der Waals surface area contributed by atoms with Crippen LogP contribution in [0.25, 0.3) is 5.57 Å². The molecule has 1 aliphatic carbocycles. The fourth-order valence-electron chi connectivity index (χ4n) is 1.87. The van der Waals surface area contributed by atoms with Crippen molar-refractivity contribution in [3.05, 3.63) is 35.9 Å². The molecule has 1 unspecified atom stereocenters. The van der Waals surface area contributed by atoms with Crippen molar-refractivity contribution in [1.29, 1.82) is 5.26 Å². The van der Waals surface area contributed by atoms with E-state index in [1.54, 1.807) is 30.3 Å². The van der Waals surface area contributed by atoms with Crippen LogP contribution in [0.15, 0.2) is 30.3 Å². The first kappa shape index (κ1) is 12.2. The number of nitrogens with zero attached hydrogens (tertiary/aromatic N) is 1. The van der Waals surface area contributed by atoms with Crippen LogP contribution in [0.4, 0.5) is 0 Å². The molecule has 92 valence electrons. The lowest BCUT2D eigenvalue weighted by Crippen LogP contribution is -2.37. The van der Waals surface area contributed by atoms with Crippen molar-refractivity contribution in [2.45, 2.75) is 19.9 Å². The van der Waals surface area contributed by atoms with Gasteiger partial charge in [-0.25, -0.2) is 0 Å². The summed E-state index contributed by atoms with van der Waals surface area (Å²) in [6.45, 7) is 3.69. The lowest BCUT2D eigenvalue weighted by atomic mass is 9.96. The summed E-state index contributed by atoms with van der Waals surface area (Å²) >= 11 is 0. The van der Waals surface area contributed by atoms with E-state index in [0.29, 0.717) is 11.1 Å². The molecule has 2 rings (SSSR count). The Hall–Kier alpha value is -2.28. The largest absolute Gasteiger partial charge is 0.508 e. The number of hydrogen-bond donors (Lipinski definition) is 2. The summed E-state index contributed by atoms with van der Waals surface area (Å²) in [4.78, 5) is 12.0. The molecule has 18 heavy (non-hydrogen) atoms. The third-order valence-corrected chi connectivity index (χ3v) is 2.81. The highest BCUT2D eigenvalue weighted by Crippen LogP contribution is 2.51. The Bertz CT molecular complexity index is 569. The van der Waals surface area contributed by atoms with Crippen molar-refractivity contribution in [2.75, 3.05) is 0 Å². The number of carbonyl (C=O) groups is 1. The van der Waals surface area contributed by atoms with Crippen LogP contribution in [-0.4, -0.2) is 17.1 Å². The van der Waals surface area contributed by atoms with Gasteiger partial charge in [0.05, 0.1) is 6.07 Å². The lowest BCUT2D eigenvalue weighted by Gasteiger charge is -2.13. The summed E-state index contributed by atoms with van der Waals surface area (Å²) < 4.78 is 0.